The molecule has 0 aliphatic carbocycles. The number of nitrogens with one attached hydrogen (secondary N) is 1. The second-order valence-electron chi connectivity index (χ2n) is 4.92. The fourth-order valence-electron chi connectivity index (χ4n) is 1.45. The van der Waals surface area contributed by atoms with Crippen LogP contribution in [0.1, 0.15) is 32.8 Å². The molecule has 3 heteroatoms. The molecule has 0 heterocycles. The molecular formula is C14H22BrNO. The molecular weight excluding hydrogens is 278 g/mol. The van der Waals surface area contributed by atoms with Crippen LogP contribution in [-0.2, 0) is 0 Å². The number of hydrogen-bond donors (Lipinski definition) is 1. The van der Waals surface area contributed by atoms with E-state index in [1.54, 1.807) is 0 Å². The Labute approximate surface area is 113 Å². The number of rotatable bonds is 6. The molecule has 0 saturated carbocycles. The molecule has 0 fully saturated rings. The summed E-state index contributed by atoms with van der Waals surface area (Å²) in [4.78, 5) is 0. The van der Waals surface area contributed by atoms with Crippen LogP contribution in [0, 0.1) is 6.92 Å². The van der Waals surface area contributed by atoms with Crippen molar-refractivity contribution in [2.75, 3.05) is 13.2 Å². The molecule has 0 saturated heterocycles. The highest BCUT2D eigenvalue weighted by atomic mass is 79.9. The van der Waals surface area contributed by atoms with Crippen molar-refractivity contribution in [3.63, 3.8) is 0 Å². The van der Waals surface area contributed by atoms with Crippen LogP contribution in [-0.4, -0.2) is 18.7 Å². The third-order valence-electron chi connectivity index (χ3n) is 2.98. The highest BCUT2D eigenvalue weighted by Gasteiger charge is 2.12. The average molecular weight is 300 g/mol. The lowest BCUT2D eigenvalue weighted by Gasteiger charge is -2.24. The molecule has 0 aliphatic rings. The van der Waals surface area contributed by atoms with E-state index in [1.807, 2.05) is 12.1 Å². The monoisotopic (exact) mass is 299 g/mol. The second kappa shape index (κ2) is 6.41. The van der Waals surface area contributed by atoms with E-state index in [0.29, 0.717) is 6.61 Å². The molecule has 0 spiro atoms. The van der Waals surface area contributed by atoms with Gasteiger partial charge in [-0.2, -0.15) is 0 Å². The maximum Gasteiger partial charge on any atom is 0.122 e. The van der Waals surface area contributed by atoms with Gasteiger partial charge in [-0.15, -0.1) is 0 Å². The van der Waals surface area contributed by atoms with Gasteiger partial charge in [-0.25, -0.2) is 0 Å². The number of aryl methyl sites for hydroxylation is 1. The summed E-state index contributed by atoms with van der Waals surface area (Å²) < 4.78 is 6.84. The fraction of sp³-hybridized carbons (Fsp3) is 0.571. The number of hydrogen-bond acceptors (Lipinski definition) is 2. The summed E-state index contributed by atoms with van der Waals surface area (Å²) in [6.07, 6.45) is 1.12. The van der Waals surface area contributed by atoms with Gasteiger partial charge in [-0.3, -0.25) is 0 Å². The SMILES string of the molecule is CCC(C)(C)NCCOc1ccc(Br)cc1C. The van der Waals surface area contributed by atoms with E-state index in [2.05, 4.69) is 55.0 Å². The molecule has 17 heavy (non-hydrogen) atoms. The Morgan fingerprint density at radius 2 is 2.06 bits per heavy atom. The predicted molar refractivity (Wildman–Crippen MR) is 76.7 cm³/mol. The normalized spacial score (nSPS) is 11.6. The van der Waals surface area contributed by atoms with Crippen molar-refractivity contribution in [1.29, 1.82) is 0 Å². The van der Waals surface area contributed by atoms with Crippen LogP contribution in [0.5, 0.6) is 5.75 Å². The summed E-state index contributed by atoms with van der Waals surface area (Å²) in [7, 11) is 0. The van der Waals surface area contributed by atoms with Crippen LogP contribution in [0.15, 0.2) is 22.7 Å². The zero-order valence-corrected chi connectivity index (χ0v) is 12.7. The molecule has 1 rings (SSSR count). The molecule has 0 bridgehead atoms. The van der Waals surface area contributed by atoms with E-state index in [-0.39, 0.29) is 5.54 Å². The van der Waals surface area contributed by atoms with Gasteiger partial charge in [0.1, 0.15) is 12.4 Å². The van der Waals surface area contributed by atoms with Gasteiger partial charge >= 0.3 is 0 Å². The zero-order chi connectivity index (χ0) is 12.9. The van der Waals surface area contributed by atoms with E-state index in [1.165, 1.54) is 0 Å². The molecule has 1 aromatic carbocycles. The number of ether oxygens (including phenoxy) is 1. The van der Waals surface area contributed by atoms with Crippen LogP contribution in [0.3, 0.4) is 0 Å². The predicted octanol–water partition coefficient (Wildman–Crippen LogP) is 3.91. The molecule has 0 atom stereocenters. The van der Waals surface area contributed by atoms with E-state index < -0.39 is 0 Å². The maximum atomic E-state index is 5.75. The Bertz CT molecular complexity index is 363. The lowest BCUT2D eigenvalue weighted by molar-refractivity contribution is 0.279. The molecule has 0 aromatic heterocycles. The molecule has 0 aliphatic heterocycles. The highest BCUT2D eigenvalue weighted by molar-refractivity contribution is 9.10. The van der Waals surface area contributed by atoms with Crippen LogP contribution in [0.25, 0.3) is 0 Å². The maximum absolute atomic E-state index is 5.75. The van der Waals surface area contributed by atoms with Crippen LogP contribution >= 0.6 is 15.9 Å². The molecule has 0 unspecified atom stereocenters. The van der Waals surface area contributed by atoms with Gasteiger partial charge in [-0.05, 0) is 51.0 Å². The Hall–Kier alpha value is -0.540. The van der Waals surface area contributed by atoms with Crippen LogP contribution in [0.2, 0.25) is 0 Å². The van der Waals surface area contributed by atoms with Crippen molar-refractivity contribution in [3.05, 3.63) is 28.2 Å². The minimum atomic E-state index is 0.193. The summed E-state index contributed by atoms with van der Waals surface area (Å²) in [5, 5.41) is 3.48. The molecule has 0 radical (unpaired) electrons. The molecule has 0 amide bonds. The largest absolute Gasteiger partial charge is 0.492 e. The highest BCUT2D eigenvalue weighted by Crippen LogP contribution is 2.21. The van der Waals surface area contributed by atoms with Gasteiger partial charge in [-0.1, -0.05) is 22.9 Å². The van der Waals surface area contributed by atoms with Crippen molar-refractivity contribution >= 4 is 15.9 Å². The fourth-order valence-corrected chi connectivity index (χ4v) is 1.93. The summed E-state index contributed by atoms with van der Waals surface area (Å²) >= 11 is 3.45. The van der Waals surface area contributed by atoms with Gasteiger partial charge in [0.05, 0.1) is 0 Å². The Morgan fingerprint density at radius 1 is 1.35 bits per heavy atom. The molecule has 2 nitrogen and oxygen atoms in total. The summed E-state index contributed by atoms with van der Waals surface area (Å²) in [5.74, 6) is 0.962. The lowest BCUT2D eigenvalue weighted by atomic mass is 10.0. The minimum absolute atomic E-state index is 0.193. The van der Waals surface area contributed by atoms with Gasteiger partial charge in [0, 0.05) is 16.6 Å². The quantitative estimate of drug-likeness (QED) is 0.804. The smallest absolute Gasteiger partial charge is 0.122 e. The molecule has 1 aromatic rings. The molecule has 96 valence electrons. The first kappa shape index (κ1) is 14.5. The lowest BCUT2D eigenvalue weighted by Crippen LogP contribution is -2.40. The Kier molecular flexibility index (Phi) is 5.47. The van der Waals surface area contributed by atoms with Gasteiger partial charge in [0.2, 0.25) is 0 Å². The first-order chi connectivity index (χ1) is 7.94. The second-order valence-corrected chi connectivity index (χ2v) is 5.84. The van der Waals surface area contributed by atoms with Crippen molar-refractivity contribution in [2.24, 2.45) is 0 Å². The average Bonchev–Trinajstić information content (AvgIpc) is 2.27. The molecule has 1 N–H and O–H groups in total. The third kappa shape index (κ3) is 5.09. The standard InChI is InChI=1S/C14H22BrNO/c1-5-14(3,4)16-8-9-17-13-7-6-12(15)10-11(13)2/h6-7,10,16H,5,8-9H2,1-4H3. The summed E-state index contributed by atoms with van der Waals surface area (Å²) in [5.41, 5.74) is 1.35. The van der Waals surface area contributed by atoms with E-state index in [9.17, 15) is 0 Å². The van der Waals surface area contributed by atoms with Crippen LogP contribution < -0.4 is 10.1 Å². The first-order valence-corrected chi connectivity index (χ1v) is 6.88. The van der Waals surface area contributed by atoms with Gasteiger partial charge in [0.25, 0.3) is 0 Å². The van der Waals surface area contributed by atoms with Gasteiger partial charge < -0.3 is 10.1 Å². The van der Waals surface area contributed by atoms with Crippen molar-refractivity contribution in [1.82, 2.24) is 5.32 Å². The number of halogens is 1. The van der Waals surface area contributed by atoms with Crippen molar-refractivity contribution in [3.8, 4) is 5.75 Å². The van der Waals surface area contributed by atoms with Crippen molar-refractivity contribution in [2.45, 2.75) is 39.7 Å². The summed E-state index contributed by atoms with van der Waals surface area (Å²) in [6.45, 7) is 10.2. The first-order valence-electron chi connectivity index (χ1n) is 6.08. The number of benzene rings is 1. The Morgan fingerprint density at radius 3 is 2.65 bits per heavy atom. The topological polar surface area (TPSA) is 21.3 Å². The van der Waals surface area contributed by atoms with Crippen LogP contribution in [0.4, 0.5) is 0 Å². The third-order valence-corrected chi connectivity index (χ3v) is 3.48. The Balaban J connectivity index is 2.36. The van der Waals surface area contributed by atoms with Crippen molar-refractivity contribution < 1.29 is 4.74 Å². The minimum Gasteiger partial charge on any atom is -0.492 e. The van der Waals surface area contributed by atoms with E-state index in [0.717, 1.165) is 28.8 Å². The van der Waals surface area contributed by atoms with Gasteiger partial charge in [0.15, 0.2) is 0 Å². The van der Waals surface area contributed by atoms with E-state index >= 15 is 0 Å². The van der Waals surface area contributed by atoms with E-state index in [4.69, 9.17) is 4.74 Å². The zero-order valence-electron chi connectivity index (χ0n) is 11.1. The summed E-state index contributed by atoms with van der Waals surface area (Å²) in [6, 6.07) is 6.08.